The Balaban J connectivity index is 1.92. The molecule has 1 amide bonds. The van der Waals surface area contributed by atoms with Crippen LogP contribution in [-0.2, 0) is 9.47 Å². The molecule has 1 aromatic carbocycles. The molecule has 1 N–H and O–H groups in total. The van der Waals surface area contributed by atoms with E-state index < -0.39 is 6.09 Å². The van der Waals surface area contributed by atoms with E-state index in [1.165, 1.54) is 7.11 Å². The highest BCUT2D eigenvalue weighted by atomic mass is 16.6. The van der Waals surface area contributed by atoms with Crippen molar-refractivity contribution in [2.24, 2.45) is 0 Å². The molecule has 2 rings (SSSR count). The van der Waals surface area contributed by atoms with Gasteiger partial charge in [0.25, 0.3) is 0 Å². The normalized spacial score (nSPS) is 17.7. The minimum atomic E-state index is -0.498. The maximum absolute atomic E-state index is 11.0. The van der Waals surface area contributed by atoms with Gasteiger partial charge in [0.15, 0.2) is 0 Å². The molecule has 0 aliphatic carbocycles. The van der Waals surface area contributed by atoms with Gasteiger partial charge in [0.2, 0.25) is 0 Å². The molecule has 5 nitrogen and oxygen atoms in total. The first-order valence-electron chi connectivity index (χ1n) is 4.97. The summed E-state index contributed by atoms with van der Waals surface area (Å²) in [7, 11) is 1.32. The molecule has 1 atom stereocenters. The molecule has 1 aromatic rings. The fourth-order valence-corrected chi connectivity index (χ4v) is 1.19. The minimum Gasteiger partial charge on any atom is -0.491 e. The first-order chi connectivity index (χ1) is 7.78. The Kier molecular flexibility index (Phi) is 3.26. The second-order valence-electron chi connectivity index (χ2n) is 3.41. The number of amides is 1. The first-order valence-corrected chi connectivity index (χ1v) is 4.97. The van der Waals surface area contributed by atoms with E-state index in [1.807, 2.05) is 6.07 Å². The van der Waals surface area contributed by atoms with Crippen molar-refractivity contribution >= 4 is 11.8 Å². The van der Waals surface area contributed by atoms with Gasteiger partial charge >= 0.3 is 6.09 Å². The van der Waals surface area contributed by atoms with Crippen LogP contribution in [0.5, 0.6) is 5.75 Å². The average molecular weight is 223 g/mol. The number of methoxy groups -OCH3 is 1. The molecule has 0 bridgehead atoms. The molecule has 1 fully saturated rings. The summed E-state index contributed by atoms with van der Waals surface area (Å²) in [5, 5.41) is 2.56. The number of ether oxygens (including phenoxy) is 3. The number of rotatable bonds is 4. The third kappa shape index (κ3) is 3.13. The van der Waals surface area contributed by atoms with Crippen LogP contribution in [0, 0.1) is 0 Å². The van der Waals surface area contributed by atoms with E-state index in [0.29, 0.717) is 18.0 Å². The molecular weight excluding hydrogens is 210 g/mol. The summed E-state index contributed by atoms with van der Waals surface area (Å²) in [6.45, 7) is 1.31. The Labute approximate surface area is 93.3 Å². The first kappa shape index (κ1) is 10.8. The third-order valence-electron chi connectivity index (χ3n) is 2.10. The van der Waals surface area contributed by atoms with Crippen molar-refractivity contribution in [1.29, 1.82) is 0 Å². The lowest BCUT2D eigenvalue weighted by Crippen LogP contribution is -2.11. The molecule has 0 saturated carbocycles. The van der Waals surface area contributed by atoms with Crippen molar-refractivity contribution < 1.29 is 19.0 Å². The zero-order chi connectivity index (χ0) is 11.4. The zero-order valence-corrected chi connectivity index (χ0v) is 8.93. The van der Waals surface area contributed by atoms with Crippen molar-refractivity contribution in [2.75, 3.05) is 25.6 Å². The molecule has 86 valence electrons. The Morgan fingerprint density at radius 2 is 2.44 bits per heavy atom. The summed E-state index contributed by atoms with van der Waals surface area (Å²) in [6.07, 6.45) is -0.278. The van der Waals surface area contributed by atoms with Crippen molar-refractivity contribution in [1.82, 2.24) is 0 Å². The summed E-state index contributed by atoms with van der Waals surface area (Å²) in [5.41, 5.74) is 0.640. The lowest BCUT2D eigenvalue weighted by Gasteiger charge is -2.07. The van der Waals surface area contributed by atoms with Crippen molar-refractivity contribution in [3.63, 3.8) is 0 Å². The quantitative estimate of drug-likeness (QED) is 0.788. The number of hydrogen-bond donors (Lipinski definition) is 1. The summed E-state index contributed by atoms with van der Waals surface area (Å²) >= 11 is 0. The van der Waals surface area contributed by atoms with E-state index >= 15 is 0 Å². The van der Waals surface area contributed by atoms with Gasteiger partial charge in [-0.05, 0) is 12.1 Å². The van der Waals surface area contributed by atoms with Gasteiger partial charge in [-0.25, -0.2) is 4.79 Å². The van der Waals surface area contributed by atoms with E-state index in [1.54, 1.807) is 18.2 Å². The molecule has 0 aromatic heterocycles. The van der Waals surface area contributed by atoms with Gasteiger partial charge in [-0.1, -0.05) is 6.07 Å². The van der Waals surface area contributed by atoms with Gasteiger partial charge < -0.3 is 14.2 Å². The average Bonchev–Trinajstić information content (AvgIpc) is 3.10. The van der Waals surface area contributed by atoms with E-state index in [0.717, 1.165) is 6.61 Å². The Morgan fingerprint density at radius 1 is 1.62 bits per heavy atom. The summed E-state index contributed by atoms with van der Waals surface area (Å²) in [5.74, 6) is 0.699. The topological polar surface area (TPSA) is 60.1 Å². The van der Waals surface area contributed by atoms with Crippen LogP contribution in [0.3, 0.4) is 0 Å². The van der Waals surface area contributed by atoms with E-state index in [9.17, 15) is 4.79 Å². The number of epoxide rings is 1. The van der Waals surface area contributed by atoms with Crippen LogP contribution in [0.25, 0.3) is 0 Å². The monoisotopic (exact) mass is 223 g/mol. The highest BCUT2D eigenvalue weighted by Crippen LogP contribution is 2.19. The molecule has 5 heteroatoms. The molecule has 1 heterocycles. The van der Waals surface area contributed by atoms with Gasteiger partial charge in [-0.15, -0.1) is 0 Å². The maximum atomic E-state index is 11.0. The van der Waals surface area contributed by atoms with Gasteiger partial charge in [-0.2, -0.15) is 0 Å². The lowest BCUT2D eigenvalue weighted by atomic mass is 10.3. The van der Waals surface area contributed by atoms with Crippen LogP contribution in [0.15, 0.2) is 24.3 Å². The highest BCUT2D eigenvalue weighted by Gasteiger charge is 2.23. The van der Waals surface area contributed by atoms with Crippen LogP contribution < -0.4 is 10.1 Å². The largest absolute Gasteiger partial charge is 0.491 e. The highest BCUT2D eigenvalue weighted by molar-refractivity contribution is 5.84. The van der Waals surface area contributed by atoms with E-state index in [-0.39, 0.29) is 6.10 Å². The number of carbonyl (C=O) groups is 1. The van der Waals surface area contributed by atoms with Gasteiger partial charge in [0, 0.05) is 11.8 Å². The Hall–Kier alpha value is -1.75. The SMILES string of the molecule is COC(=O)Nc1cccc(OCC2CO2)c1. The fourth-order valence-electron chi connectivity index (χ4n) is 1.19. The molecule has 16 heavy (non-hydrogen) atoms. The molecule has 1 aliphatic rings. The van der Waals surface area contributed by atoms with Gasteiger partial charge in [0.05, 0.1) is 13.7 Å². The third-order valence-corrected chi connectivity index (χ3v) is 2.10. The predicted molar refractivity (Wildman–Crippen MR) is 57.7 cm³/mol. The summed E-state index contributed by atoms with van der Waals surface area (Å²) in [6, 6.07) is 7.12. The maximum Gasteiger partial charge on any atom is 0.411 e. The van der Waals surface area contributed by atoms with Crippen LogP contribution in [-0.4, -0.2) is 32.5 Å². The van der Waals surface area contributed by atoms with Crippen LogP contribution in [0.2, 0.25) is 0 Å². The molecule has 1 saturated heterocycles. The smallest absolute Gasteiger partial charge is 0.411 e. The fraction of sp³-hybridized carbons (Fsp3) is 0.364. The van der Waals surface area contributed by atoms with E-state index in [4.69, 9.17) is 9.47 Å². The summed E-state index contributed by atoms with van der Waals surface area (Å²) in [4.78, 5) is 11.0. The second kappa shape index (κ2) is 4.85. The van der Waals surface area contributed by atoms with Crippen LogP contribution in [0.1, 0.15) is 0 Å². The lowest BCUT2D eigenvalue weighted by molar-refractivity contribution is 0.187. The second-order valence-corrected chi connectivity index (χ2v) is 3.41. The number of benzene rings is 1. The van der Waals surface area contributed by atoms with Crippen LogP contribution >= 0.6 is 0 Å². The Bertz CT molecular complexity index is 376. The van der Waals surface area contributed by atoms with Gasteiger partial charge in [-0.3, -0.25) is 5.32 Å². The predicted octanol–water partition coefficient (Wildman–Crippen LogP) is 1.64. The zero-order valence-electron chi connectivity index (χ0n) is 8.93. The number of anilines is 1. The molecule has 1 aliphatic heterocycles. The van der Waals surface area contributed by atoms with Crippen molar-refractivity contribution in [3.8, 4) is 5.75 Å². The minimum absolute atomic E-state index is 0.220. The van der Waals surface area contributed by atoms with Crippen LogP contribution in [0.4, 0.5) is 10.5 Å². The number of nitrogens with one attached hydrogen (secondary N) is 1. The Morgan fingerprint density at radius 3 is 3.12 bits per heavy atom. The molecule has 1 unspecified atom stereocenters. The van der Waals surface area contributed by atoms with Gasteiger partial charge in [0.1, 0.15) is 18.5 Å². The number of hydrogen-bond acceptors (Lipinski definition) is 4. The van der Waals surface area contributed by atoms with Crippen molar-refractivity contribution in [2.45, 2.75) is 6.10 Å². The number of carbonyl (C=O) groups excluding carboxylic acids is 1. The van der Waals surface area contributed by atoms with Crippen molar-refractivity contribution in [3.05, 3.63) is 24.3 Å². The molecule has 0 spiro atoms. The van der Waals surface area contributed by atoms with E-state index in [2.05, 4.69) is 10.1 Å². The summed E-state index contributed by atoms with van der Waals surface area (Å²) < 4.78 is 15.0. The molecule has 0 radical (unpaired) electrons. The standard InChI is InChI=1S/C11H13NO4/c1-14-11(13)12-8-3-2-4-9(5-8)15-6-10-7-16-10/h2-5,10H,6-7H2,1H3,(H,12,13). The molecular formula is C11H13NO4.